The number of benzene rings is 1. The number of hydrogen-bond donors (Lipinski definition) is 2. The number of thiazole rings is 1. The number of fused-ring (bicyclic) bond motifs is 1. The number of amides is 1. The zero-order valence-electron chi connectivity index (χ0n) is 14.4. The van der Waals surface area contributed by atoms with Crippen molar-refractivity contribution in [3.05, 3.63) is 29.6 Å². The number of carbonyl (C=O) groups is 1. The molecule has 2 fully saturated rings. The summed E-state index contributed by atoms with van der Waals surface area (Å²) in [4.78, 5) is 18.7. The van der Waals surface area contributed by atoms with Gasteiger partial charge in [-0.1, -0.05) is 17.4 Å². The topological polar surface area (TPSA) is 82.7 Å². The van der Waals surface area contributed by atoms with Crippen LogP contribution in [0.25, 0.3) is 11.3 Å². The van der Waals surface area contributed by atoms with Crippen LogP contribution >= 0.6 is 11.3 Å². The Balaban J connectivity index is 1.71. The summed E-state index contributed by atoms with van der Waals surface area (Å²) in [7, 11) is 0. The molecule has 2 atom stereocenters. The largest absolute Gasteiger partial charge is 0.465 e. The molecule has 0 saturated carbocycles. The molecule has 2 aliphatic rings. The fourth-order valence-electron chi connectivity index (χ4n) is 4.02. The van der Waals surface area contributed by atoms with Crippen molar-refractivity contribution in [1.29, 1.82) is 0 Å². The highest BCUT2D eigenvalue weighted by atomic mass is 32.1. The van der Waals surface area contributed by atoms with Gasteiger partial charge in [-0.05, 0) is 18.6 Å². The molecule has 0 radical (unpaired) electrons. The van der Waals surface area contributed by atoms with Crippen LogP contribution < -0.4 is 10.6 Å². The Morgan fingerprint density at radius 3 is 2.75 bits per heavy atom. The Bertz CT molecular complexity index is 932. The van der Waals surface area contributed by atoms with E-state index in [2.05, 4.69) is 4.98 Å². The van der Waals surface area contributed by atoms with Gasteiger partial charge in [0.05, 0.1) is 11.6 Å². The van der Waals surface area contributed by atoms with Crippen molar-refractivity contribution < 1.29 is 27.5 Å². The Hall–Kier alpha value is -2.56. The van der Waals surface area contributed by atoms with Crippen LogP contribution in [0, 0.1) is 11.7 Å². The van der Waals surface area contributed by atoms with E-state index in [1.165, 1.54) is 11.0 Å². The van der Waals surface area contributed by atoms with Crippen LogP contribution in [-0.2, 0) is 6.18 Å². The first-order valence-electron chi connectivity index (χ1n) is 8.53. The number of halogens is 4. The van der Waals surface area contributed by atoms with Gasteiger partial charge in [0.1, 0.15) is 16.5 Å². The van der Waals surface area contributed by atoms with E-state index in [0.29, 0.717) is 37.1 Å². The number of aromatic nitrogens is 1. The van der Waals surface area contributed by atoms with Crippen molar-refractivity contribution in [2.75, 3.05) is 30.3 Å². The van der Waals surface area contributed by atoms with E-state index < -0.39 is 23.7 Å². The van der Waals surface area contributed by atoms with Gasteiger partial charge in [0.25, 0.3) is 0 Å². The second-order valence-electron chi connectivity index (χ2n) is 6.87. The molecule has 0 spiro atoms. The summed E-state index contributed by atoms with van der Waals surface area (Å²) in [5.41, 5.74) is 4.19. The second kappa shape index (κ2) is 6.50. The molecule has 2 aliphatic heterocycles. The van der Waals surface area contributed by atoms with Crippen molar-refractivity contribution in [3.8, 4) is 11.3 Å². The average molecular weight is 416 g/mol. The smallest absolute Gasteiger partial charge is 0.419 e. The molecule has 4 rings (SSSR count). The van der Waals surface area contributed by atoms with Gasteiger partial charge in [-0.2, -0.15) is 13.2 Å². The number of carboxylic acid groups (broad SMARTS) is 1. The average Bonchev–Trinajstić information content (AvgIpc) is 3.26. The Morgan fingerprint density at radius 2 is 2.07 bits per heavy atom. The zero-order chi connectivity index (χ0) is 20.2. The van der Waals surface area contributed by atoms with E-state index in [1.54, 1.807) is 0 Å². The summed E-state index contributed by atoms with van der Waals surface area (Å²) >= 11 is 1.06. The van der Waals surface area contributed by atoms with E-state index in [-0.39, 0.29) is 28.3 Å². The molecule has 6 nitrogen and oxygen atoms in total. The third kappa shape index (κ3) is 3.03. The van der Waals surface area contributed by atoms with Crippen LogP contribution in [0.3, 0.4) is 0 Å². The van der Waals surface area contributed by atoms with Crippen molar-refractivity contribution in [3.63, 3.8) is 0 Å². The summed E-state index contributed by atoms with van der Waals surface area (Å²) in [5, 5.41) is 9.88. The lowest BCUT2D eigenvalue weighted by Gasteiger charge is -2.23. The summed E-state index contributed by atoms with van der Waals surface area (Å²) < 4.78 is 53.8. The fourth-order valence-corrected chi connectivity index (χ4v) is 4.88. The van der Waals surface area contributed by atoms with Crippen LogP contribution in [0.15, 0.2) is 18.2 Å². The highest BCUT2D eigenvalue weighted by Gasteiger charge is 2.44. The van der Waals surface area contributed by atoms with Gasteiger partial charge >= 0.3 is 12.3 Å². The SMILES string of the molecule is Nc1nc(-c2cccc(C(F)(F)F)c2F)c(N2CC3CCN(C(=O)O)C3C2)s1. The maximum absolute atomic E-state index is 14.6. The van der Waals surface area contributed by atoms with Gasteiger partial charge in [0.15, 0.2) is 5.13 Å². The van der Waals surface area contributed by atoms with Crippen molar-refractivity contribution in [1.82, 2.24) is 9.88 Å². The molecule has 1 aromatic heterocycles. The van der Waals surface area contributed by atoms with E-state index in [0.717, 1.165) is 17.4 Å². The van der Waals surface area contributed by atoms with E-state index in [4.69, 9.17) is 5.73 Å². The number of anilines is 2. The van der Waals surface area contributed by atoms with Gasteiger partial charge in [-0.25, -0.2) is 14.2 Å². The first-order chi connectivity index (χ1) is 13.2. The van der Waals surface area contributed by atoms with E-state index in [9.17, 15) is 27.5 Å². The number of nitrogens with zero attached hydrogens (tertiary/aromatic N) is 3. The quantitative estimate of drug-likeness (QED) is 0.729. The Morgan fingerprint density at radius 1 is 1.32 bits per heavy atom. The van der Waals surface area contributed by atoms with Gasteiger partial charge < -0.3 is 20.6 Å². The lowest BCUT2D eigenvalue weighted by atomic mass is 10.1. The predicted octanol–water partition coefficient (Wildman–Crippen LogP) is 3.74. The Kier molecular flexibility index (Phi) is 4.36. The monoisotopic (exact) mass is 416 g/mol. The number of hydrogen-bond acceptors (Lipinski definition) is 5. The van der Waals surface area contributed by atoms with Crippen molar-refractivity contribution in [2.24, 2.45) is 5.92 Å². The molecule has 3 heterocycles. The van der Waals surface area contributed by atoms with Crippen LogP contribution in [-0.4, -0.2) is 46.8 Å². The third-order valence-electron chi connectivity index (χ3n) is 5.27. The highest BCUT2D eigenvalue weighted by molar-refractivity contribution is 7.19. The van der Waals surface area contributed by atoms with Gasteiger partial charge in [-0.15, -0.1) is 0 Å². The Labute approximate surface area is 161 Å². The maximum atomic E-state index is 14.6. The normalized spacial score (nSPS) is 22.0. The van der Waals surface area contributed by atoms with E-state index in [1.807, 2.05) is 4.90 Å². The van der Waals surface area contributed by atoms with Crippen molar-refractivity contribution in [2.45, 2.75) is 18.6 Å². The third-order valence-corrected chi connectivity index (χ3v) is 6.21. The number of likely N-dealkylation sites (tertiary alicyclic amines) is 1. The van der Waals surface area contributed by atoms with Crippen molar-refractivity contribution >= 4 is 27.6 Å². The summed E-state index contributed by atoms with van der Waals surface area (Å²) in [6.45, 7) is 1.34. The second-order valence-corrected chi connectivity index (χ2v) is 7.88. The summed E-state index contributed by atoms with van der Waals surface area (Å²) in [5.74, 6) is -1.29. The molecular weight excluding hydrogens is 400 g/mol. The standard InChI is InChI=1S/C17H16F4N4O2S/c18-12-9(2-1-3-10(12)17(19,20)21)13-14(28-15(22)23-13)24-6-8-4-5-25(16(26)27)11(8)7-24/h1-3,8,11H,4-7H2,(H2,22,23)(H,26,27). The molecular formula is C17H16F4N4O2S. The molecule has 2 aromatic rings. The van der Waals surface area contributed by atoms with Crippen LogP contribution in [0.4, 0.5) is 32.5 Å². The van der Waals surface area contributed by atoms with Gasteiger partial charge in [0, 0.05) is 31.1 Å². The number of nitrogens with two attached hydrogens (primary N) is 1. The van der Waals surface area contributed by atoms with Crippen LogP contribution in [0.5, 0.6) is 0 Å². The minimum absolute atomic E-state index is 0.0490. The highest BCUT2D eigenvalue weighted by Crippen LogP contribution is 2.44. The summed E-state index contributed by atoms with van der Waals surface area (Å²) in [6, 6.07) is 2.84. The molecule has 0 aliphatic carbocycles. The maximum Gasteiger partial charge on any atom is 0.419 e. The van der Waals surface area contributed by atoms with Gasteiger partial charge in [-0.3, -0.25) is 0 Å². The van der Waals surface area contributed by atoms with Crippen LogP contribution in [0.1, 0.15) is 12.0 Å². The number of rotatable bonds is 2. The summed E-state index contributed by atoms with van der Waals surface area (Å²) in [6.07, 6.45) is -5.12. The molecule has 0 bridgehead atoms. The molecule has 1 amide bonds. The zero-order valence-corrected chi connectivity index (χ0v) is 15.2. The molecule has 150 valence electrons. The first-order valence-corrected chi connectivity index (χ1v) is 9.35. The van der Waals surface area contributed by atoms with E-state index >= 15 is 0 Å². The molecule has 2 unspecified atom stereocenters. The minimum Gasteiger partial charge on any atom is -0.465 e. The molecule has 2 saturated heterocycles. The molecule has 1 aromatic carbocycles. The lowest BCUT2D eigenvalue weighted by molar-refractivity contribution is -0.139. The lowest BCUT2D eigenvalue weighted by Crippen LogP contribution is -2.38. The number of alkyl halides is 3. The number of nitrogen functional groups attached to an aromatic ring is 1. The minimum atomic E-state index is -4.82. The fraction of sp³-hybridized carbons (Fsp3) is 0.412. The molecule has 3 N–H and O–H groups in total. The van der Waals surface area contributed by atoms with Gasteiger partial charge in [0.2, 0.25) is 0 Å². The van der Waals surface area contributed by atoms with Crippen LogP contribution in [0.2, 0.25) is 0 Å². The predicted molar refractivity (Wildman–Crippen MR) is 95.8 cm³/mol. The first kappa shape index (κ1) is 18.8. The molecule has 11 heteroatoms. The molecule has 28 heavy (non-hydrogen) atoms.